The molecule has 1 aliphatic rings. The number of nitrogens with zero attached hydrogens (tertiary/aromatic N) is 4. The smallest absolute Gasteiger partial charge is 0.202 e. The number of nitrogens with two attached hydrogens (primary N) is 1. The normalized spacial score (nSPS) is 18.2. The number of likely N-dealkylation sites (tertiary alicyclic amines) is 1. The largest absolute Gasteiger partial charge is 0.369 e. The lowest BCUT2D eigenvalue weighted by Crippen LogP contribution is -2.34. The van der Waals surface area contributed by atoms with Gasteiger partial charge in [-0.15, -0.1) is 0 Å². The van der Waals surface area contributed by atoms with Crippen molar-refractivity contribution in [3.05, 3.63) is 17.8 Å². The number of aryl methyl sites for hydroxylation is 1. The highest BCUT2D eigenvalue weighted by Crippen LogP contribution is 2.21. The van der Waals surface area contributed by atoms with Gasteiger partial charge in [0.15, 0.2) is 5.65 Å². The Morgan fingerprint density at radius 2 is 2.11 bits per heavy atom. The zero-order chi connectivity index (χ0) is 13.4. The molecule has 1 fully saturated rings. The number of imidazole rings is 1. The van der Waals surface area contributed by atoms with Crippen LogP contribution in [0.15, 0.2) is 12.3 Å². The van der Waals surface area contributed by atoms with Gasteiger partial charge in [-0.05, 0) is 51.4 Å². The van der Waals surface area contributed by atoms with Crippen molar-refractivity contribution in [2.45, 2.75) is 39.3 Å². The molecule has 1 unspecified atom stereocenters. The molecule has 3 heterocycles. The van der Waals surface area contributed by atoms with Crippen LogP contribution >= 0.6 is 0 Å². The molecule has 0 aliphatic carbocycles. The summed E-state index contributed by atoms with van der Waals surface area (Å²) in [5, 5.41) is 0. The second-order valence-corrected chi connectivity index (χ2v) is 5.47. The second-order valence-electron chi connectivity index (χ2n) is 5.47. The number of rotatable bonds is 3. The van der Waals surface area contributed by atoms with Crippen molar-refractivity contribution in [2.75, 3.05) is 18.8 Å². The van der Waals surface area contributed by atoms with Crippen molar-refractivity contribution in [1.82, 2.24) is 19.4 Å². The van der Waals surface area contributed by atoms with Gasteiger partial charge in [0.05, 0.1) is 0 Å². The minimum atomic E-state index is 0.476. The van der Waals surface area contributed by atoms with E-state index in [9.17, 15) is 0 Å². The van der Waals surface area contributed by atoms with Crippen molar-refractivity contribution in [1.29, 1.82) is 0 Å². The maximum absolute atomic E-state index is 6.06. The number of pyridine rings is 1. The molecule has 0 radical (unpaired) electrons. The molecular formula is C14H21N5. The molecule has 102 valence electrons. The summed E-state index contributed by atoms with van der Waals surface area (Å²) < 4.78 is 2.05. The Kier molecular flexibility index (Phi) is 3.14. The van der Waals surface area contributed by atoms with Crippen LogP contribution in [0.3, 0.4) is 0 Å². The first-order chi connectivity index (χ1) is 9.16. The molecular weight excluding hydrogens is 238 g/mol. The van der Waals surface area contributed by atoms with Crippen molar-refractivity contribution < 1.29 is 0 Å². The highest BCUT2D eigenvalue weighted by atomic mass is 15.2. The van der Waals surface area contributed by atoms with Gasteiger partial charge in [-0.25, -0.2) is 9.97 Å². The van der Waals surface area contributed by atoms with Crippen LogP contribution < -0.4 is 5.73 Å². The molecule has 0 spiro atoms. The Morgan fingerprint density at radius 1 is 1.37 bits per heavy atom. The van der Waals surface area contributed by atoms with Gasteiger partial charge in [0, 0.05) is 18.8 Å². The standard InChI is InChI=1S/C14H21N5/c1-10-5-6-16-13-12(10)17-14(15)19(13)9-11(2)18-7-3-4-8-18/h5-6,11H,3-4,7-9H2,1-2H3,(H2,15,17). The monoisotopic (exact) mass is 259 g/mol. The van der Waals surface area contributed by atoms with Crippen LogP contribution in [-0.4, -0.2) is 38.6 Å². The molecule has 1 atom stereocenters. The van der Waals surface area contributed by atoms with E-state index in [0.29, 0.717) is 12.0 Å². The van der Waals surface area contributed by atoms with Gasteiger partial charge >= 0.3 is 0 Å². The van der Waals surface area contributed by atoms with Crippen LogP contribution in [0.25, 0.3) is 11.2 Å². The number of hydrogen-bond donors (Lipinski definition) is 1. The quantitative estimate of drug-likeness (QED) is 0.913. The fourth-order valence-corrected chi connectivity index (χ4v) is 2.90. The molecule has 1 aliphatic heterocycles. The molecule has 2 aromatic heterocycles. The SMILES string of the molecule is Cc1ccnc2c1nc(N)n2CC(C)N1CCCC1. The van der Waals surface area contributed by atoms with E-state index in [4.69, 9.17) is 5.73 Å². The first-order valence-corrected chi connectivity index (χ1v) is 6.98. The number of hydrogen-bond acceptors (Lipinski definition) is 4. The van der Waals surface area contributed by atoms with Gasteiger partial charge in [-0.2, -0.15) is 0 Å². The lowest BCUT2D eigenvalue weighted by atomic mass is 10.2. The summed E-state index contributed by atoms with van der Waals surface area (Å²) in [6, 6.07) is 2.45. The van der Waals surface area contributed by atoms with E-state index in [-0.39, 0.29) is 0 Å². The molecule has 0 bridgehead atoms. The Hall–Kier alpha value is -1.62. The van der Waals surface area contributed by atoms with E-state index >= 15 is 0 Å². The van der Waals surface area contributed by atoms with Crippen molar-refractivity contribution >= 4 is 17.1 Å². The summed E-state index contributed by atoms with van der Waals surface area (Å²) in [6.07, 6.45) is 4.44. The average Bonchev–Trinajstić information content (AvgIpc) is 3.00. The summed E-state index contributed by atoms with van der Waals surface area (Å²) in [7, 11) is 0. The van der Waals surface area contributed by atoms with Gasteiger partial charge in [0.2, 0.25) is 5.95 Å². The highest BCUT2D eigenvalue weighted by molar-refractivity contribution is 5.77. The molecule has 5 heteroatoms. The topological polar surface area (TPSA) is 60.0 Å². The maximum atomic E-state index is 6.06. The number of anilines is 1. The van der Waals surface area contributed by atoms with Crippen LogP contribution in [0.4, 0.5) is 5.95 Å². The Bertz CT molecular complexity index is 583. The van der Waals surface area contributed by atoms with E-state index in [0.717, 1.165) is 23.3 Å². The van der Waals surface area contributed by atoms with Crippen LogP contribution in [0.2, 0.25) is 0 Å². The molecule has 0 saturated carbocycles. The zero-order valence-corrected chi connectivity index (χ0v) is 11.6. The third-order valence-electron chi connectivity index (χ3n) is 4.08. The predicted molar refractivity (Wildman–Crippen MR) is 76.9 cm³/mol. The van der Waals surface area contributed by atoms with Gasteiger partial charge in [-0.3, -0.25) is 9.47 Å². The van der Waals surface area contributed by atoms with Crippen LogP contribution in [0, 0.1) is 6.92 Å². The highest BCUT2D eigenvalue weighted by Gasteiger charge is 2.20. The molecule has 3 rings (SSSR count). The maximum Gasteiger partial charge on any atom is 0.202 e. The average molecular weight is 259 g/mol. The van der Waals surface area contributed by atoms with E-state index in [1.807, 2.05) is 23.8 Å². The van der Waals surface area contributed by atoms with Gasteiger partial charge < -0.3 is 5.73 Å². The molecule has 0 amide bonds. The van der Waals surface area contributed by atoms with E-state index in [1.165, 1.54) is 25.9 Å². The Morgan fingerprint density at radius 3 is 2.84 bits per heavy atom. The van der Waals surface area contributed by atoms with Crippen LogP contribution in [0.5, 0.6) is 0 Å². The minimum Gasteiger partial charge on any atom is -0.369 e. The molecule has 2 aromatic rings. The van der Waals surface area contributed by atoms with Gasteiger partial charge in [0.25, 0.3) is 0 Å². The number of aromatic nitrogens is 3. The third-order valence-corrected chi connectivity index (χ3v) is 4.08. The number of fused-ring (bicyclic) bond motifs is 1. The van der Waals surface area contributed by atoms with E-state index < -0.39 is 0 Å². The summed E-state index contributed by atoms with van der Waals surface area (Å²) in [4.78, 5) is 11.4. The predicted octanol–water partition coefficient (Wildman–Crippen LogP) is 1.81. The lowest BCUT2D eigenvalue weighted by molar-refractivity contribution is 0.238. The summed E-state index contributed by atoms with van der Waals surface area (Å²) >= 11 is 0. The zero-order valence-electron chi connectivity index (χ0n) is 11.6. The third kappa shape index (κ3) is 2.18. The van der Waals surface area contributed by atoms with Crippen LogP contribution in [-0.2, 0) is 6.54 Å². The molecule has 0 aromatic carbocycles. The molecule has 5 nitrogen and oxygen atoms in total. The molecule has 1 saturated heterocycles. The van der Waals surface area contributed by atoms with E-state index in [2.05, 4.69) is 21.8 Å². The summed E-state index contributed by atoms with van der Waals surface area (Å²) in [6.45, 7) is 7.55. The van der Waals surface area contributed by atoms with Crippen molar-refractivity contribution in [2.24, 2.45) is 0 Å². The first-order valence-electron chi connectivity index (χ1n) is 6.98. The minimum absolute atomic E-state index is 0.476. The van der Waals surface area contributed by atoms with E-state index in [1.54, 1.807) is 0 Å². The second kappa shape index (κ2) is 4.81. The summed E-state index contributed by atoms with van der Waals surface area (Å²) in [5.41, 5.74) is 9.02. The van der Waals surface area contributed by atoms with Gasteiger partial charge in [-0.1, -0.05) is 0 Å². The molecule has 2 N–H and O–H groups in total. The Labute approximate surface area is 113 Å². The van der Waals surface area contributed by atoms with Crippen molar-refractivity contribution in [3.63, 3.8) is 0 Å². The van der Waals surface area contributed by atoms with Gasteiger partial charge in [0.1, 0.15) is 5.52 Å². The van der Waals surface area contributed by atoms with Crippen LogP contribution in [0.1, 0.15) is 25.3 Å². The number of nitrogen functional groups attached to an aromatic ring is 1. The first kappa shape index (κ1) is 12.4. The lowest BCUT2D eigenvalue weighted by Gasteiger charge is -2.24. The fourth-order valence-electron chi connectivity index (χ4n) is 2.90. The summed E-state index contributed by atoms with van der Waals surface area (Å²) in [5.74, 6) is 0.572. The molecule has 19 heavy (non-hydrogen) atoms. The fraction of sp³-hybridized carbons (Fsp3) is 0.571. The Balaban J connectivity index is 1.91. The van der Waals surface area contributed by atoms with Crippen molar-refractivity contribution in [3.8, 4) is 0 Å².